The van der Waals surface area contributed by atoms with E-state index in [9.17, 15) is 4.79 Å². The number of ether oxygens (including phenoxy) is 1. The zero-order valence-corrected chi connectivity index (χ0v) is 7.43. The highest BCUT2D eigenvalue weighted by atomic mass is 35.5. The summed E-state index contributed by atoms with van der Waals surface area (Å²) in [5.74, 6) is -0.0598. The normalized spacial score (nSPS) is 31.8. The first-order valence-electron chi connectivity index (χ1n) is 3.98. The number of hydrogen-bond acceptors (Lipinski definition) is 2. The van der Waals surface area contributed by atoms with Crippen LogP contribution >= 0.6 is 11.6 Å². The van der Waals surface area contributed by atoms with Gasteiger partial charge in [0.25, 0.3) is 0 Å². The summed E-state index contributed by atoms with van der Waals surface area (Å²) in [4.78, 5) is 10.9. The van der Waals surface area contributed by atoms with Crippen molar-refractivity contribution in [3.63, 3.8) is 0 Å². The van der Waals surface area contributed by atoms with Gasteiger partial charge < -0.3 is 4.74 Å². The van der Waals surface area contributed by atoms with Gasteiger partial charge in [0, 0.05) is 7.11 Å². The molecule has 0 aliphatic heterocycles. The van der Waals surface area contributed by atoms with E-state index in [0.29, 0.717) is 0 Å². The van der Waals surface area contributed by atoms with Crippen molar-refractivity contribution in [2.75, 3.05) is 7.11 Å². The average molecular weight is 177 g/mol. The van der Waals surface area contributed by atoms with Gasteiger partial charge >= 0.3 is 0 Å². The van der Waals surface area contributed by atoms with Crippen molar-refractivity contribution in [3.8, 4) is 0 Å². The van der Waals surface area contributed by atoms with Crippen molar-refractivity contribution in [3.05, 3.63) is 0 Å². The smallest absolute Gasteiger partial charge is 0.227 e. The van der Waals surface area contributed by atoms with E-state index in [2.05, 4.69) is 0 Å². The molecule has 0 aromatic heterocycles. The molecule has 1 fully saturated rings. The summed E-state index contributed by atoms with van der Waals surface area (Å²) >= 11 is 5.41. The fourth-order valence-corrected chi connectivity index (χ4v) is 1.89. The second-order valence-electron chi connectivity index (χ2n) is 2.97. The van der Waals surface area contributed by atoms with Gasteiger partial charge in [0.05, 0.1) is 12.0 Å². The van der Waals surface area contributed by atoms with E-state index in [-0.39, 0.29) is 17.3 Å². The Morgan fingerprint density at radius 1 is 1.45 bits per heavy atom. The molecule has 0 bridgehead atoms. The Morgan fingerprint density at radius 2 is 2.09 bits per heavy atom. The van der Waals surface area contributed by atoms with E-state index in [1.54, 1.807) is 7.11 Å². The van der Waals surface area contributed by atoms with Gasteiger partial charge in [-0.05, 0) is 24.4 Å². The molecule has 2 unspecified atom stereocenters. The highest BCUT2D eigenvalue weighted by molar-refractivity contribution is 6.64. The molecule has 1 saturated carbocycles. The van der Waals surface area contributed by atoms with Crippen molar-refractivity contribution >= 4 is 16.8 Å². The number of methoxy groups -OCH3 is 1. The SMILES string of the molecule is COC1CCCCC1C(=O)Cl. The third-order valence-corrected chi connectivity index (χ3v) is 2.58. The van der Waals surface area contributed by atoms with E-state index in [4.69, 9.17) is 16.3 Å². The molecule has 64 valence electrons. The largest absolute Gasteiger partial charge is 0.381 e. The van der Waals surface area contributed by atoms with Gasteiger partial charge in [-0.1, -0.05) is 12.8 Å². The summed E-state index contributed by atoms with van der Waals surface area (Å²) in [6, 6.07) is 0. The Balaban J connectivity index is 2.51. The Bertz CT molecular complexity index is 147. The summed E-state index contributed by atoms with van der Waals surface area (Å²) in [5.41, 5.74) is 0. The fourth-order valence-electron chi connectivity index (χ4n) is 1.64. The highest BCUT2D eigenvalue weighted by Gasteiger charge is 2.29. The number of rotatable bonds is 2. The molecule has 1 rings (SSSR count). The van der Waals surface area contributed by atoms with Crippen LogP contribution in [-0.2, 0) is 9.53 Å². The predicted octanol–water partition coefficient (Wildman–Crippen LogP) is 1.96. The maximum atomic E-state index is 10.9. The fraction of sp³-hybridized carbons (Fsp3) is 0.875. The highest BCUT2D eigenvalue weighted by Crippen LogP contribution is 2.27. The van der Waals surface area contributed by atoms with E-state index < -0.39 is 0 Å². The predicted molar refractivity (Wildman–Crippen MR) is 43.6 cm³/mol. The average Bonchev–Trinajstić information content (AvgIpc) is 2.04. The van der Waals surface area contributed by atoms with Gasteiger partial charge in [-0.2, -0.15) is 0 Å². The van der Waals surface area contributed by atoms with Crippen molar-refractivity contribution < 1.29 is 9.53 Å². The second kappa shape index (κ2) is 4.07. The molecule has 0 radical (unpaired) electrons. The monoisotopic (exact) mass is 176 g/mol. The first-order chi connectivity index (χ1) is 5.25. The lowest BCUT2D eigenvalue weighted by Gasteiger charge is -2.27. The molecule has 11 heavy (non-hydrogen) atoms. The molecule has 0 heterocycles. The van der Waals surface area contributed by atoms with Crippen LogP contribution in [-0.4, -0.2) is 18.5 Å². The minimum absolute atomic E-state index is 0.0598. The maximum absolute atomic E-state index is 10.9. The second-order valence-corrected chi connectivity index (χ2v) is 3.34. The molecule has 0 saturated heterocycles. The molecule has 0 spiro atoms. The third-order valence-electron chi connectivity index (χ3n) is 2.30. The van der Waals surface area contributed by atoms with Crippen LogP contribution < -0.4 is 0 Å². The van der Waals surface area contributed by atoms with Crippen molar-refractivity contribution in [2.24, 2.45) is 5.92 Å². The van der Waals surface area contributed by atoms with Gasteiger partial charge in [0.15, 0.2) is 0 Å². The first kappa shape index (κ1) is 9.01. The molecular weight excluding hydrogens is 164 g/mol. The zero-order chi connectivity index (χ0) is 8.27. The number of carbonyl (C=O) groups excluding carboxylic acids is 1. The minimum Gasteiger partial charge on any atom is -0.381 e. The van der Waals surface area contributed by atoms with Crippen LogP contribution in [0.3, 0.4) is 0 Å². The van der Waals surface area contributed by atoms with E-state index in [0.717, 1.165) is 25.7 Å². The number of halogens is 1. The molecule has 2 atom stereocenters. The van der Waals surface area contributed by atoms with Crippen molar-refractivity contribution in [1.82, 2.24) is 0 Å². The summed E-state index contributed by atoms with van der Waals surface area (Å²) in [6.07, 6.45) is 4.18. The lowest BCUT2D eigenvalue weighted by atomic mass is 9.87. The van der Waals surface area contributed by atoms with Gasteiger partial charge in [-0.15, -0.1) is 0 Å². The van der Waals surface area contributed by atoms with Crippen LogP contribution in [0, 0.1) is 5.92 Å². The summed E-state index contributed by atoms with van der Waals surface area (Å²) in [6.45, 7) is 0. The Kier molecular flexibility index (Phi) is 3.34. The van der Waals surface area contributed by atoms with E-state index >= 15 is 0 Å². The van der Waals surface area contributed by atoms with Crippen LogP contribution in [0.5, 0.6) is 0 Å². The number of carbonyl (C=O) groups is 1. The molecule has 0 N–H and O–H groups in total. The molecule has 1 aliphatic rings. The van der Waals surface area contributed by atoms with Crippen molar-refractivity contribution in [2.45, 2.75) is 31.8 Å². The van der Waals surface area contributed by atoms with Gasteiger partial charge in [-0.3, -0.25) is 4.79 Å². The summed E-state index contributed by atoms with van der Waals surface area (Å²) < 4.78 is 5.16. The first-order valence-corrected chi connectivity index (χ1v) is 4.35. The lowest BCUT2D eigenvalue weighted by Crippen LogP contribution is -2.30. The summed E-state index contributed by atoms with van der Waals surface area (Å²) in [5, 5.41) is -0.239. The molecular formula is C8H13ClO2. The molecule has 2 nitrogen and oxygen atoms in total. The van der Waals surface area contributed by atoms with Crippen molar-refractivity contribution in [1.29, 1.82) is 0 Å². The van der Waals surface area contributed by atoms with E-state index in [1.165, 1.54) is 0 Å². The van der Waals surface area contributed by atoms with Crippen LogP contribution in [0.25, 0.3) is 0 Å². The van der Waals surface area contributed by atoms with Gasteiger partial charge in [0.1, 0.15) is 0 Å². The van der Waals surface area contributed by atoms with Crippen LogP contribution in [0.15, 0.2) is 0 Å². The molecule has 0 aromatic carbocycles. The standard InChI is InChI=1S/C8H13ClO2/c1-11-7-5-3-2-4-6(7)8(9)10/h6-7H,2-5H2,1H3. The Hall–Kier alpha value is -0.0800. The minimum atomic E-state index is -0.239. The van der Waals surface area contributed by atoms with Crippen LogP contribution in [0.4, 0.5) is 0 Å². The number of hydrogen-bond donors (Lipinski definition) is 0. The van der Waals surface area contributed by atoms with Gasteiger partial charge in [0.2, 0.25) is 5.24 Å². The quantitative estimate of drug-likeness (QED) is 0.602. The lowest BCUT2D eigenvalue weighted by molar-refractivity contribution is -0.121. The topological polar surface area (TPSA) is 26.3 Å². The molecule has 0 amide bonds. The van der Waals surface area contributed by atoms with Crippen LogP contribution in [0.1, 0.15) is 25.7 Å². The van der Waals surface area contributed by atoms with E-state index in [1.807, 2.05) is 0 Å². The molecule has 3 heteroatoms. The Labute approximate surface area is 71.9 Å². The maximum Gasteiger partial charge on any atom is 0.227 e. The zero-order valence-electron chi connectivity index (χ0n) is 6.68. The third kappa shape index (κ3) is 2.17. The van der Waals surface area contributed by atoms with Crippen LogP contribution in [0.2, 0.25) is 0 Å². The molecule has 0 aromatic rings. The van der Waals surface area contributed by atoms with Gasteiger partial charge in [-0.25, -0.2) is 0 Å². The Morgan fingerprint density at radius 3 is 2.55 bits per heavy atom. The summed E-state index contributed by atoms with van der Waals surface area (Å²) in [7, 11) is 1.64. The molecule has 1 aliphatic carbocycles.